The van der Waals surface area contributed by atoms with Gasteiger partial charge in [-0.2, -0.15) is 0 Å². The van der Waals surface area contributed by atoms with Crippen LogP contribution in [-0.4, -0.2) is 36.4 Å². The Morgan fingerprint density at radius 1 is 1.91 bits per heavy atom. The summed E-state index contributed by atoms with van der Waals surface area (Å²) in [7, 11) is 0. The van der Waals surface area contributed by atoms with E-state index in [9.17, 15) is 4.79 Å². The summed E-state index contributed by atoms with van der Waals surface area (Å²) in [4.78, 5) is 10.3. The van der Waals surface area contributed by atoms with Crippen molar-refractivity contribution >= 4 is 5.97 Å². The van der Waals surface area contributed by atoms with Gasteiger partial charge < -0.3 is 15.2 Å². The van der Waals surface area contributed by atoms with Gasteiger partial charge >= 0.3 is 5.97 Å². The molecule has 0 bridgehead atoms. The van der Waals surface area contributed by atoms with E-state index in [0.29, 0.717) is 6.10 Å². The van der Waals surface area contributed by atoms with Gasteiger partial charge in [0.1, 0.15) is 6.04 Å². The van der Waals surface area contributed by atoms with Crippen molar-refractivity contribution in [3.8, 4) is 0 Å². The van der Waals surface area contributed by atoms with Gasteiger partial charge in [-0.05, 0) is 19.9 Å². The molecule has 1 rings (SSSR count). The number of aliphatic carboxylic acids is 1. The van der Waals surface area contributed by atoms with Crippen molar-refractivity contribution in [2.75, 3.05) is 13.2 Å². The predicted octanol–water partition coefficient (Wildman–Crippen LogP) is -0.162. The second-order valence-corrected chi connectivity index (χ2v) is 2.76. The van der Waals surface area contributed by atoms with Crippen LogP contribution in [0.15, 0.2) is 0 Å². The van der Waals surface area contributed by atoms with Crippen molar-refractivity contribution in [1.82, 2.24) is 5.32 Å². The van der Waals surface area contributed by atoms with Crippen LogP contribution in [0.4, 0.5) is 0 Å². The first kappa shape index (κ1) is 8.49. The molecule has 2 atom stereocenters. The number of carboxylic acids is 1. The number of carboxylic acid groups (broad SMARTS) is 1. The highest BCUT2D eigenvalue weighted by molar-refractivity contribution is 5.72. The lowest BCUT2D eigenvalue weighted by molar-refractivity contribution is -0.138. The maximum Gasteiger partial charge on any atom is 0.320 e. The third-order valence-corrected chi connectivity index (χ3v) is 1.69. The number of hydrogen-bond acceptors (Lipinski definition) is 3. The Morgan fingerprint density at radius 2 is 2.55 bits per heavy atom. The molecule has 4 nitrogen and oxygen atoms in total. The molecule has 4 heteroatoms. The highest BCUT2D eigenvalue weighted by Crippen LogP contribution is 2.11. The topological polar surface area (TPSA) is 61.9 Å². The Hall–Kier alpha value is -0.610. The smallest absolute Gasteiger partial charge is 0.320 e. The maximum atomic E-state index is 10.3. The van der Waals surface area contributed by atoms with Crippen LogP contribution in [0, 0.1) is 0 Å². The summed E-state index contributed by atoms with van der Waals surface area (Å²) in [5.41, 5.74) is 0. The molecular weight excluding hydrogens is 146 g/mol. The second-order valence-electron chi connectivity index (χ2n) is 2.76. The second kappa shape index (κ2) is 3.69. The first-order valence-electron chi connectivity index (χ1n) is 3.78. The van der Waals surface area contributed by atoms with E-state index in [2.05, 4.69) is 5.32 Å². The van der Waals surface area contributed by atoms with Gasteiger partial charge in [-0.3, -0.25) is 4.79 Å². The fourth-order valence-electron chi connectivity index (χ4n) is 0.783. The summed E-state index contributed by atoms with van der Waals surface area (Å²) in [5, 5.41) is 11.3. The average molecular weight is 159 g/mol. The maximum absolute atomic E-state index is 10.3. The van der Waals surface area contributed by atoms with E-state index in [0.717, 1.165) is 19.6 Å². The van der Waals surface area contributed by atoms with Crippen LogP contribution in [0.25, 0.3) is 0 Å². The van der Waals surface area contributed by atoms with Gasteiger partial charge in [0, 0.05) is 0 Å². The van der Waals surface area contributed by atoms with Crippen molar-refractivity contribution in [2.24, 2.45) is 0 Å². The van der Waals surface area contributed by atoms with E-state index < -0.39 is 12.0 Å². The van der Waals surface area contributed by atoms with Gasteiger partial charge in [0.05, 0.1) is 12.7 Å². The zero-order chi connectivity index (χ0) is 8.27. The van der Waals surface area contributed by atoms with Crippen LogP contribution in [0.2, 0.25) is 0 Å². The van der Waals surface area contributed by atoms with Gasteiger partial charge in [-0.15, -0.1) is 0 Å². The summed E-state index contributed by atoms with van der Waals surface area (Å²) >= 11 is 0. The number of ether oxygens (including phenoxy) is 1. The van der Waals surface area contributed by atoms with Crippen molar-refractivity contribution in [1.29, 1.82) is 0 Å². The molecule has 0 aromatic heterocycles. The molecule has 11 heavy (non-hydrogen) atoms. The standard InChI is InChI=1S/C7H13NO3/c1-5(7(9)10)8-3-2-6-4-11-6/h5-6,8H,2-4H2,1H3,(H,9,10)/t5-,6?/m0/s1. The number of rotatable bonds is 5. The predicted molar refractivity (Wildman–Crippen MR) is 39.5 cm³/mol. The van der Waals surface area contributed by atoms with E-state index in [-0.39, 0.29) is 0 Å². The largest absolute Gasteiger partial charge is 0.480 e. The molecule has 1 aliphatic rings. The Kier molecular flexibility index (Phi) is 2.84. The average Bonchev–Trinajstić information content (AvgIpc) is 2.71. The Labute approximate surface area is 65.5 Å². The molecule has 1 heterocycles. The molecule has 0 aromatic rings. The molecule has 1 fully saturated rings. The van der Waals surface area contributed by atoms with Gasteiger partial charge in [0.25, 0.3) is 0 Å². The number of epoxide rings is 1. The van der Waals surface area contributed by atoms with Crippen LogP contribution in [0.1, 0.15) is 13.3 Å². The normalized spacial score (nSPS) is 24.6. The Balaban J connectivity index is 1.96. The zero-order valence-electron chi connectivity index (χ0n) is 6.54. The third kappa shape index (κ3) is 3.34. The first-order chi connectivity index (χ1) is 5.20. The van der Waals surface area contributed by atoms with Crippen LogP contribution in [0.5, 0.6) is 0 Å². The minimum absolute atomic E-state index is 0.378. The molecule has 0 amide bonds. The fourth-order valence-corrected chi connectivity index (χ4v) is 0.783. The molecule has 1 aliphatic heterocycles. The van der Waals surface area contributed by atoms with Crippen molar-refractivity contribution < 1.29 is 14.6 Å². The third-order valence-electron chi connectivity index (χ3n) is 1.69. The first-order valence-corrected chi connectivity index (χ1v) is 3.78. The van der Waals surface area contributed by atoms with Crippen LogP contribution < -0.4 is 5.32 Å². The van der Waals surface area contributed by atoms with Gasteiger partial charge in [-0.1, -0.05) is 0 Å². The lowest BCUT2D eigenvalue weighted by Gasteiger charge is -2.06. The van der Waals surface area contributed by atoms with Crippen molar-refractivity contribution in [3.63, 3.8) is 0 Å². The van der Waals surface area contributed by atoms with Gasteiger partial charge in [-0.25, -0.2) is 0 Å². The number of carbonyl (C=O) groups is 1. The Morgan fingerprint density at radius 3 is 3.00 bits per heavy atom. The molecule has 1 unspecified atom stereocenters. The highest BCUT2D eigenvalue weighted by Gasteiger charge is 2.22. The molecule has 0 saturated carbocycles. The van der Waals surface area contributed by atoms with Crippen LogP contribution in [-0.2, 0) is 9.53 Å². The number of hydrogen-bond donors (Lipinski definition) is 2. The highest BCUT2D eigenvalue weighted by atomic mass is 16.6. The summed E-state index contributed by atoms with van der Waals surface area (Å²) in [6.07, 6.45) is 1.29. The molecule has 0 radical (unpaired) electrons. The van der Waals surface area contributed by atoms with E-state index in [1.54, 1.807) is 6.92 Å². The summed E-state index contributed by atoms with van der Waals surface area (Å²) in [6, 6.07) is -0.450. The van der Waals surface area contributed by atoms with Gasteiger partial charge in [0.2, 0.25) is 0 Å². The molecule has 2 N–H and O–H groups in total. The molecule has 1 saturated heterocycles. The summed E-state index contributed by atoms with van der Waals surface area (Å²) < 4.78 is 4.96. The monoisotopic (exact) mass is 159 g/mol. The lowest BCUT2D eigenvalue weighted by atomic mass is 10.3. The van der Waals surface area contributed by atoms with E-state index >= 15 is 0 Å². The van der Waals surface area contributed by atoms with Crippen molar-refractivity contribution in [3.05, 3.63) is 0 Å². The van der Waals surface area contributed by atoms with E-state index in [4.69, 9.17) is 9.84 Å². The molecule has 64 valence electrons. The lowest BCUT2D eigenvalue weighted by Crippen LogP contribution is -2.34. The van der Waals surface area contributed by atoms with Crippen LogP contribution >= 0.6 is 0 Å². The van der Waals surface area contributed by atoms with Gasteiger partial charge in [0.15, 0.2) is 0 Å². The summed E-state index contributed by atoms with van der Waals surface area (Å²) in [6.45, 7) is 3.19. The zero-order valence-corrected chi connectivity index (χ0v) is 6.54. The Bertz CT molecular complexity index is 145. The molecule has 0 aliphatic carbocycles. The van der Waals surface area contributed by atoms with Crippen molar-refractivity contribution in [2.45, 2.75) is 25.5 Å². The fraction of sp³-hybridized carbons (Fsp3) is 0.857. The molecule has 0 spiro atoms. The quantitative estimate of drug-likeness (QED) is 0.547. The number of nitrogens with one attached hydrogen (secondary N) is 1. The van der Waals surface area contributed by atoms with E-state index in [1.165, 1.54) is 0 Å². The van der Waals surface area contributed by atoms with E-state index in [1.807, 2.05) is 0 Å². The summed E-state index contributed by atoms with van der Waals surface area (Å²) in [5.74, 6) is -0.804. The minimum Gasteiger partial charge on any atom is -0.480 e. The molecular formula is C7H13NO3. The SMILES string of the molecule is C[C@H](NCCC1CO1)C(=O)O. The molecule has 0 aromatic carbocycles. The van der Waals surface area contributed by atoms with Crippen LogP contribution in [0.3, 0.4) is 0 Å². The minimum atomic E-state index is -0.804.